The van der Waals surface area contributed by atoms with Crippen molar-refractivity contribution in [2.45, 2.75) is 26.2 Å². The summed E-state index contributed by atoms with van der Waals surface area (Å²) >= 11 is 1.73. The molecule has 0 amide bonds. The van der Waals surface area contributed by atoms with Gasteiger partial charge in [0, 0.05) is 23.8 Å². The third kappa shape index (κ3) is 4.18. The number of aromatic nitrogens is 2. The van der Waals surface area contributed by atoms with Crippen molar-refractivity contribution in [3.05, 3.63) is 34.3 Å². The lowest BCUT2D eigenvalue weighted by molar-refractivity contribution is 0.309. The number of nitrogens with two attached hydrogens (primary N) is 1. The van der Waals surface area contributed by atoms with Crippen molar-refractivity contribution < 1.29 is 4.74 Å². The molecule has 0 saturated carbocycles. The third-order valence-electron chi connectivity index (χ3n) is 2.55. The molecule has 0 bridgehead atoms. The minimum Gasteiger partial charge on any atom is -0.477 e. The molecule has 0 aliphatic carbocycles. The van der Waals surface area contributed by atoms with Crippen LogP contribution in [0.15, 0.2) is 23.6 Å². The Morgan fingerprint density at radius 2 is 2.26 bits per heavy atom. The molecule has 0 spiro atoms. The molecule has 0 fully saturated rings. The van der Waals surface area contributed by atoms with E-state index >= 15 is 0 Å². The minimum absolute atomic E-state index is 0.572. The zero-order valence-corrected chi connectivity index (χ0v) is 11.7. The van der Waals surface area contributed by atoms with Crippen LogP contribution in [0.4, 0.5) is 5.82 Å². The molecule has 0 aliphatic rings. The second kappa shape index (κ2) is 7.06. The molecule has 102 valence electrons. The molecule has 2 aromatic heterocycles. The second-order valence-corrected chi connectivity index (χ2v) is 5.11. The van der Waals surface area contributed by atoms with E-state index in [0.717, 1.165) is 25.1 Å². The number of rotatable bonds is 7. The largest absolute Gasteiger partial charge is 0.477 e. The van der Waals surface area contributed by atoms with Gasteiger partial charge in [-0.15, -0.1) is 11.3 Å². The van der Waals surface area contributed by atoms with E-state index in [1.807, 2.05) is 6.07 Å². The summed E-state index contributed by atoms with van der Waals surface area (Å²) in [6.45, 7) is 2.69. The standard InChI is InChI=1S/C13H18N4OS/c1-2-4-11-15-12(17-14)9-13(16-11)18-7-6-10-5-3-8-19-10/h3,5,8-9H,2,4,6-7,14H2,1H3,(H,15,16,17). The zero-order chi connectivity index (χ0) is 13.5. The molecule has 0 aliphatic heterocycles. The highest BCUT2D eigenvalue weighted by Crippen LogP contribution is 2.15. The number of aryl methyl sites for hydroxylation is 1. The van der Waals surface area contributed by atoms with Crippen molar-refractivity contribution in [2.75, 3.05) is 12.0 Å². The Morgan fingerprint density at radius 3 is 2.95 bits per heavy atom. The van der Waals surface area contributed by atoms with Crippen molar-refractivity contribution in [3.63, 3.8) is 0 Å². The molecule has 0 radical (unpaired) electrons. The van der Waals surface area contributed by atoms with Gasteiger partial charge >= 0.3 is 0 Å². The van der Waals surface area contributed by atoms with Crippen LogP contribution in [0.3, 0.4) is 0 Å². The topological polar surface area (TPSA) is 73.1 Å². The van der Waals surface area contributed by atoms with Gasteiger partial charge in [0.05, 0.1) is 6.61 Å². The lowest BCUT2D eigenvalue weighted by Crippen LogP contribution is -2.12. The van der Waals surface area contributed by atoms with E-state index in [1.165, 1.54) is 4.88 Å². The average molecular weight is 278 g/mol. The first-order valence-electron chi connectivity index (χ1n) is 6.31. The molecule has 0 unspecified atom stereocenters. The molecule has 0 saturated heterocycles. The Balaban J connectivity index is 1.96. The fourth-order valence-corrected chi connectivity index (χ4v) is 2.36. The van der Waals surface area contributed by atoms with E-state index in [2.05, 4.69) is 33.8 Å². The quantitative estimate of drug-likeness (QED) is 0.601. The molecule has 19 heavy (non-hydrogen) atoms. The minimum atomic E-state index is 0.572. The maximum absolute atomic E-state index is 5.67. The van der Waals surface area contributed by atoms with Crippen LogP contribution >= 0.6 is 11.3 Å². The monoisotopic (exact) mass is 278 g/mol. The van der Waals surface area contributed by atoms with Crippen molar-refractivity contribution >= 4 is 17.2 Å². The number of hydrazine groups is 1. The molecule has 2 aromatic rings. The molecule has 0 atom stereocenters. The first-order valence-corrected chi connectivity index (χ1v) is 7.19. The molecule has 3 N–H and O–H groups in total. The van der Waals surface area contributed by atoms with Gasteiger partial charge in [-0.2, -0.15) is 4.98 Å². The molecule has 0 aromatic carbocycles. The van der Waals surface area contributed by atoms with Crippen LogP contribution in [0, 0.1) is 0 Å². The molecule has 6 heteroatoms. The van der Waals surface area contributed by atoms with Gasteiger partial charge in [-0.25, -0.2) is 10.8 Å². The van der Waals surface area contributed by atoms with Crippen molar-refractivity contribution in [2.24, 2.45) is 5.84 Å². The summed E-state index contributed by atoms with van der Waals surface area (Å²) in [6, 6.07) is 5.86. The Hall–Kier alpha value is -1.66. The fourth-order valence-electron chi connectivity index (χ4n) is 1.67. The zero-order valence-electron chi connectivity index (χ0n) is 10.9. The molecular formula is C13H18N4OS. The normalized spacial score (nSPS) is 10.4. The first-order chi connectivity index (χ1) is 9.31. The van der Waals surface area contributed by atoms with Crippen molar-refractivity contribution in [3.8, 4) is 5.88 Å². The summed E-state index contributed by atoms with van der Waals surface area (Å²) < 4.78 is 5.67. The summed E-state index contributed by atoms with van der Waals surface area (Å²) in [7, 11) is 0. The summed E-state index contributed by atoms with van der Waals surface area (Å²) in [5.74, 6) is 7.31. The number of nitrogens with one attached hydrogen (secondary N) is 1. The molecule has 2 heterocycles. The van der Waals surface area contributed by atoms with Crippen LogP contribution in [0.2, 0.25) is 0 Å². The van der Waals surface area contributed by atoms with Gasteiger partial charge in [0.15, 0.2) is 0 Å². The maximum atomic E-state index is 5.67. The lowest BCUT2D eigenvalue weighted by Gasteiger charge is -2.08. The van der Waals surface area contributed by atoms with Crippen LogP contribution in [-0.2, 0) is 12.8 Å². The Kier molecular flexibility index (Phi) is 5.11. The fraction of sp³-hybridized carbons (Fsp3) is 0.385. The van der Waals surface area contributed by atoms with E-state index in [1.54, 1.807) is 17.4 Å². The van der Waals surface area contributed by atoms with E-state index < -0.39 is 0 Å². The third-order valence-corrected chi connectivity index (χ3v) is 3.49. The number of thiophene rings is 1. The number of nitrogen functional groups attached to an aromatic ring is 1. The van der Waals surface area contributed by atoms with Crippen molar-refractivity contribution in [1.82, 2.24) is 9.97 Å². The number of ether oxygens (including phenoxy) is 1. The SMILES string of the molecule is CCCc1nc(NN)cc(OCCc2cccs2)n1. The second-order valence-electron chi connectivity index (χ2n) is 4.08. The number of hydrogen-bond donors (Lipinski definition) is 2. The van der Waals surface area contributed by atoms with Crippen LogP contribution in [0.5, 0.6) is 5.88 Å². The predicted octanol–water partition coefficient (Wildman–Crippen LogP) is 2.40. The van der Waals surface area contributed by atoms with E-state index in [-0.39, 0.29) is 0 Å². The van der Waals surface area contributed by atoms with Gasteiger partial charge in [0.2, 0.25) is 5.88 Å². The molecular weight excluding hydrogens is 260 g/mol. The molecule has 2 rings (SSSR count). The average Bonchev–Trinajstić information content (AvgIpc) is 2.92. The summed E-state index contributed by atoms with van der Waals surface area (Å²) in [5.41, 5.74) is 2.54. The van der Waals surface area contributed by atoms with Gasteiger partial charge in [0.25, 0.3) is 0 Å². The summed E-state index contributed by atoms with van der Waals surface area (Å²) in [5, 5.41) is 2.07. The van der Waals surface area contributed by atoms with E-state index in [4.69, 9.17) is 10.6 Å². The van der Waals surface area contributed by atoms with Crippen molar-refractivity contribution in [1.29, 1.82) is 0 Å². The first kappa shape index (κ1) is 13.8. The highest BCUT2D eigenvalue weighted by molar-refractivity contribution is 7.09. The predicted molar refractivity (Wildman–Crippen MR) is 77.4 cm³/mol. The summed E-state index contributed by atoms with van der Waals surface area (Å²) in [6.07, 6.45) is 2.69. The number of nitrogens with zero attached hydrogens (tertiary/aromatic N) is 2. The van der Waals surface area contributed by atoms with Crippen LogP contribution in [-0.4, -0.2) is 16.6 Å². The van der Waals surface area contributed by atoms with Gasteiger partial charge in [-0.1, -0.05) is 13.0 Å². The van der Waals surface area contributed by atoms with Crippen LogP contribution < -0.4 is 16.0 Å². The lowest BCUT2D eigenvalue weighted by atomic mass is 10.3. The Bertz CT molecular complexity index is 501. The number of hydrogen-bond acceptors (Lipinski definition) is 6. The highest BCUT2D eigenvalue weighted by Gasteiger charge is 2.05. The Labute approximate surface area is 116 Å². The maximum Gasteiger partial charge on any atom is 0.218 e. The van der Waals surface area contributed by atoms with Gasteiger partial charge in [0.1, 0.15) is 11.6 Å². The van der Waals surface area contributed by atoms with E-state index in [9.17, 15) is 0 Å². The van der Waals surface area contributed by atoms with Gasteiger partial charge in [-0.3, -0.25) is 0 Å². The summed E-state index contributed by atoms with van der Waals surface area (Å²) in [4.78, 5) is 9.94. The highest BCUT2D eigenvalue weighted by atomic mass is 32.1. The van der Waals surface area contributed by atoms with Crippen LogP contribution in [0.1, 0.15) is 24.0 Å². The van der Waals surface area contributed by atoms with E-state index in [0.29, 0.717) is 18.3 Å². The molecule has 5 nitrogen and oxygen atoms in total. The Morgan fingerprint density at radius 1 is 1.37 bits per heavy atom. The van der Waals surface area contributed by atoms with Crippen LogP contribution in [0.25, 0.3) is 0 Å². The van der Waals surface area contributed by atoms with Gasteiger partial charge in [-0.05, 0) is 17.9 Å². The number of anilines is 1. The van der Waals surface area contributed by atoms with Gasteiger partial charge < -0.3 is 10.2 Å². The smallest absolute Gasteiger partial charge is 0.218 e.